The molecule has 1 rings (SSSR count). The third-order valence-electron chi connectivity index (χ3n) is 2.52. The number of carbonyl (C=O) groups is 1. The summed E-state index contributed by atoms with van der Waals surface area (Å²) >= 11 is 3.35. The minimum atomic E-state index is -0.0895. The summed E-state index contributed by atoms with van der Waals surface area (Å²) < 4.78 is 0.892. The predicted molar refractivity (Wildman–Crippen MR) is 90.7 cm³/mol. The summed E-state index contributed by atoms with van der Waals surface area (Å²) in [5, 5.41) is 9.24. The number of hydrogen-bond acceptors (Lipinski definition) is 2. The lowest BCUT2D eigenvalue weighted by atomic mass is 10.2. The van der Waals surface area contributed by atoms with Gasteiger partial charge in [0.2, 0.25) is 0 Å². The second-order valence-corrected chi connectivity index (χ2v) is 5.74. The number of halogens is 1. The quantitative estimate of drug-likeness (QED) is 0.416. The maximum Gasteiger partial charge on any atom is 0.251 e. The van der Waals surface area contributed by atoms with Crippen molar-refractivity contribution in [2.75, 3.05) is 19.6 Å². The van der Waals surface area contributed by atoms with E-state index < -0.39 is 0 Å². The van der Waals surface area contributed by atoms with Gasteiger partial charge in [0, 0.05) is 29.2 Å². The first-order chi connectivity index (χ1) is 10.0. The normalized spacial score (nSPS) is 11.4. The molecule has 116 valence electrons. The first-order valence-electron chi connectivity index (χ1n) is 7.11. The maximum absolute atomic E-state index is 11.9. The molecule has 1 aromatic carbocycles. The van der Waals surface area contributed by atoms with Gasteiger partial charge in [-0.2, -0.15) is 0 Å². The van der Waals surface area contributed by atoms with Crippen molar-refractivity contribution in [1.82, 2.24) is 16.0 Å². The van der Waals surface area contributed by atoms with E-state index in [2.05, 4.69) is 50.7 Å². The number of amides is 1. The molecule has 5 nitrogen and oxygen atoms in total. The highest BCUT2D eigenvalue weighted by Crippen LogP contribution is 2.11. The van der Waals surface area contributed by atoms with Gasteiger partial charge < -0.3 is 16.0 Å². The van der Waals surface area contributed by atoms with Crippen molar-refractivity contribution < 1.29 is 4.79 Å². The van der Waals surface area contributed by atoms with Gasteiger partial charge in [0.1, 0.15) is 0 Å². The first kappa shape index (κ1) is 17.5. The van der Waals surface area contributed by atoms with Crippen LogP contribution in [0.5, 0.6) is 0 Å². The second kappa shape index (κ2) is 9.39. The lowest BCUT2D eigenvalue weighted by Gasteiger charge is -2.14. The van der Waals surface area contributed by atoms with E-state index in [0.29, 0.717) is 24.7 Å². The summed E-state index contributed by atoms with van der Waals surface area (Å²) in [7, 11) is 0. The Kier molecular flexibility index (Phi) is 7.82. The van der Waals surface area contributed by atoms with Crippen LogP contribution in [0.15, 0.2) is 33.7 Å². The number of nitrogens with zero attached hydrogens (tertiary/aromatic N) is 1. The molecule has 0 heterocycles. The largest absolute Gasteiger partial charge is 0.357 e. The molecule has 0 aliphatic rings. The van der Waals surface area contributed by atoms with Crippen LogP contribution < -0.4 is 16.0 Å². The van der Waals surface area contributed by atoms with E-state index >= 15 is 0 Å². The Morgan fingerprint density at radius 3 is 2.71 bits per heavy atom. The topological polar surface area (TPSA) is 65.5 Å². The standard InChI is InChI=1S/C15H23BrN4O/c1-4-17-15(20-11(2)3)19-9-8-18-14(21)12-6-5-7-13(16)10-12/h5-7,10-11H,4,8-9H2,1-3H3,(H,18,21)(H2,17,19,20). The van der Waals surface area contributed by atoms with Crippen LogP contribution in [-0.4, -0.2) is 37.5 Å². The Balaban J connectivity index is 2.42. The molecule has 0 bridgehead atoms. The van der Waals surface area contributed by atoms with Gasteiger partial charge in [0.05, 0.1) is 6.54 Å². The van der Waals surface area contributed by atoms with Crippen LogP contribution in [0.1, 0.15) is 31.1 Å². The van der Waals surface area contributed by atoms with Gasteiger partial charge in [-0.25, -0.2) is 0 Å². The van der Waals surface area contributed by atoms with Crippen LogP contribution in [0.4, 0.5) is 0 Å². The Bertz CT molecular complexity index is 488. The lowest BCUT2D eigenvalue weighted by molar-refractivity contribution is 0.0954. The van der Waals surface area contributed by atoms with E-state index in [4.69, 9.17) is 0 Å². The summed E-state index contributed by atoms with van der Waals surface area (Å²) in [6.07, 6.45) is 0. The van der Waals surface area contributed by atoms with Crippen molar-refractivity contribution in [2.24, 2.45) is 4.99 Å². The Morgan fingerprint density at radius 2 is 2.10 bits per heavy atom. The van der Waals surface area contributed by atoms with E-state index in [1.54, 1.807) is 12.1 Å². The molecule has 0 aliphatic heterocycles. The van der Waals surface area contributed by atoms with Crippen molar-refractivity contribution in [3.8, 4) is 0 Å². The molecule has 0 aromatic heterocycles. The van der Waals surface area contributed by atoms with Crippen molar-refractivity contribution in [3.05, 3.63) is 34.3 Å². The van der Waals surface area contributed by atoms with Crippen molar-refractivity contribution >= 4 is 27.8 Å². The van der Waals surface area contributed by atoms with Crippen LogP contribution in [0.3, 0.4) is 0 Å². The Morgan fingerprint density at radius 1 is 1.33 bits per heavy atom. The Hall–Kier alpha value is -1.56. The molecule has 0 aliphatic carbocycles. The molecule has 21 heavy (non-hydrogen) atoms. The number of aliphatic imine (C=N–C) groups is 1. The fourth-order valence-electron chi connectivity index (χ4n) is 1.66. The fourth-order valence-corrected chi connectivity index (χ4v) is 2.06. The highest BCUT2D eigenvalue weighted by Gasteiger charge is 2.04. The van der Waals surface area contributed by atoms with Gasteiger partial charge in [-0.3, -0.25) is 9.79 Å². The molecule has 3 N–H and O–H groups in total. The van der Waals surface area contributed by atoms with Gasteiger partial charge in [0.25, 0.3) is 5.91 Å². The minimum absolute atomic E-state index is 0.0895. The van der Waals surface area contributed by atoms with Crippen LogP contribution in [-0.2, 0) is 0 Å². The van der Waals surface area contributed by atoms with Gasteiger partial charge in [-0.1, -0.05) is 22.0 Å². The summed E-state index contributed by atoms with van der Waals surface area (Å²) in [6.45, 7) is 7.97. The van der Waals surface area contributed by atoms with E-state index in [-0.39, 0.29) is 5.91 Å². The molecule has 6 heteroatoms. The minimum Gasteiger partial charge on any atom is -0.357 e. The predicted octanol–water partition coefficient (Wildman–Crippen LogP) is 2.14. The maximum atomic E-state index is 11.9. The molecule has 0 spiro atoms. The van der Waals surface area contributed by atoms with Crippen LogP contribution in [0, 0.1) is 0 Å². The molecule has 0 unspecified atom stereocenters. The van der Waals surface area contributed by atoms with Crippen LogP contribution >= 0.6 is 15.9 Å². The number of guanidine groups is 1. The molecular weight excluding hydrogens is 332 g/mol. The van der Waals surface area contributed by atoms with E-state index in [9.17, 15) is 4.79 Å². The number of nitrogens with one attached hydrogen (secondary N) is 3. The zero-order chi connectivity index (χ0) is 15.7. The molecule has 0 atom stereocenters. The molecule has 1 amide bonds. The van der Waals surface area contributed by atoms with Crippen molar-refractivity contribution in [1.29, 1.82) is 0 Å². The third kappa shape index (κ3) is 7.13. The fraction of sp³-hybridized carbons (Fsp3) is 0.467. The SMILES string of the molecule is CCNC(=NCCNC(=O)c1cccc(Br)c1)NC(C)C. The first-order valence-corrected chi connectivity index (χ1v) is 7.90. The lowest BCUT2D eigenvalue weighted by Crippen LogP contribution is -2.41. The third-order valence-corrected chi connectivity index (χ3v) is 3.02. The van der Waals surface area contributed by atoms with E-state index in [0.717, 1.165) is 17.0 Å². The molecule has 0 saturated carbocycles. The molecule has 0 saturated heterocycles. The monoisotopic (exact) mass is 354 g/mol. The molecular formula is C15H23BrN4O. The summed E-state index contributed by atoms with van der Waals surface area (Å²) in [5.74, 6) is 0.678. The molecule has 0 radical (unpaired) electrons. The summed E-state index contributed by atoms with van der Waals surface area (Å²) in [5.41, 5.74) is 0.639. The van der Waals surface area contributed by atoms with E-state index in [1.807, 2.05) is 19.1 Å². The van der Waals surface area contributed by atoms with Crippen LogP contribution in [0.2, 0.25) is 0 Å². The summed E-state index contributed by atoms with van der Waals surface area (Å²) in [6, 6.07) is 7.63. The smallest absolute Gasteiger partial charge is 0.251 e. The van der Waals surface area contributed by atoms with Gasteiger partial charge >= 0.3 is 0 Å². The zero-order valence-electron chi connectivity index (χ0n) is 12.7. The zero-order valence-corrected chi connectivity index (χ0v) is 14.3. The number of benzene rings is 1. The van der Waals surface area contributed by atoms with Gasteiger partial charge in [-0.05, 0) is 39.0 Å². The number of hydrogen-bond donors (Lipinski definition) is 3. The summed E-state index contributed by atoms with van der Waals surface area (Å²) in [4.78, 5) is 16.3. The van der Waals surface area contributed by atoms with Crippen molar-refractivity contribution in [3.63, 3.8) is 0 Å². The van der Waals surface area contributed by atoms with Gasteiger partial charge in [-0.15, -0.1) is 0 Å². The second-order valence-electron chi connectivity index (χ2n) is 4.83. The van der Waals surface area contributed by atoms with E-state index in [1.165, 1.54) is 0 Å². The number of carbonyl (C=O) groups excluding carboxylic acids is 1. The van der Waals surface area contributed by atoms with Crippen molar-refractivity contribution in [2.45, 2.75) is 26.8 Å². The highest BCUT2D eigenvalue weighted by atomic mass is 79.9. The average molecular weight is 355 g/mol. The highest BCUT2D eigenvalue weighted by molar-refractivity contribution is 9.10. The number of rotatable bonds is 6. The molecule has 1 aromatic rings. The Labute approximate surface area is 134 Å². The molecule has 0 fully saturated rings. The average Bonchev–Trinajstić information content (AvgIpc) is 2.43. The van der Waals surface area contributed by atoms with Gasteiger partial charge in [0.15, 0.2) is 5.96 Å². The van der Waals surface area contributed by atoms with Crippen LogP contribution in [0.25, 0.3) is 0 Å².